The van der Waals surface area contributed by atoms with Gasteiger partial charge >= 0.3 is 0 Å². The van der Waals surface area contributed by atoms with Gasteiger partial charge in [-0.15, -0.1) is 0 Å². The number of hydrogen-bond donors (Lipinski definition) is 0. The zero-order valence-electron chi connectivity index (χ0n) is 23.1. The molecule has 210 valence electrons. The first kappa shape index (κ1) is 28.0. The molecule has 0 aliphatic rings. The highest BCUT2D eigenvalue weighted by Crippen LogP contribution is 2.34. The van der Waals surface area contributed by atoms with E-state index in [1.165, 1.54) is 48.5 Å². The molecule has 6 rings (SSSR count). The van der Waals surface area contributed by atoms with Crippen molar-refractivity contribution < 1.29 is 17.6 Å². The van der Waals surface area contributed by atoms with Gasteiger partial charge in [0.25, 0.3) is 0 Å². The summed E-state index contributed by atoms with van der Waals surface area (Å²) in [4.78, 5) is 0. The topological polar surface area (TPSA) is 0 Å². The van der Waals surface area contributed by atoms with Crippen LogP contribution in [0.15, 0.2) is 146 Å². The zero-order chi connectivity index (χ0) is 29.8. The molecular formula is C39H27F4+. The molecule has 0 radical (unpaired) electrons. The monoisotopic (exact) mass is 571 g/mol. The van der Waals surface area contributed by atoms with Gasteiger partial charge in [-0.05, 0) is 106 Å². The van der Waals surface area contributed by atoms with Gasteiger partial charge in [-0.1, -0.05) is 48.5 Å². The molecule has 6 aromatic carbocycles. The van der Waals surface area contributed by atoms with Gasteiger partial charge in [-0.3, -0.25) is 0 Å². The lowest BCUT2D eigenvalue weighted by molar-refractivity contribution is 0.625. The first-order valence-electron chi connectivity index (χ1n) is 14.0. The second-order valence-corrected chi connectivity index (χ2v) is 10.5. The van der Waals surface area contributed by atoms with Gasteiger partial charge in [0.1, 0.15) is 23.3 Å². The van der Waals surface area contributed by atoms with Crippen LogP contribution < -0.4 is 0 Å². The van der Waals surface area contributed by atoms with Crippen LogP contribution in [-0.4, -0.2) is 0 Å². The molecule has 0 amide bonds. The molecule has 43 heavy (non-hydrogen) atoms. The minimum absolute atomic E-state index is 0.176. The van der Waals surface area contributed by atoms with Gasteiger partial charge in [0, 0.05) is 42.5 Å². The molecule has 0 nitrogen and oxygen atoms in total. The predicted molar refractivity (Wildman–Crippen MR) is 163 cm³/mol. The molecule has 0 atom stereocenters. The molecule has 0 saturated heterocycles. The fourth-order valence-corrected chi connectivity index (χ4v) is 5.54. The third-order valence-electron chi connectivity index (χ3n) is 7.69. The van der Waals surface area contributed by atoms with E-state index in [0.29, 0.717) is 0 Å². The van der Waals surface area contributed by atoms with Gasteiger partial charge in [-0.2, -0.15) is 0 Å². The van der Waals surface area contributed by atoms with E-state index in [1.54, 1.807) is 48.5 Å². The highest BCUT2D eigenvalue weighted by atomic mass is 19.1. The maximum absolute atomic E-state index is 13.7. The van der Waals surface area contributed by atoms with Crippen molar-refractivity contribution in [3.8, 4) is 0 Å². The molecular weight excluding hydrogens is 544 g/mol. The van der Waals surface area contributed by atoms with Crippen LogP contribution in [0.3, 0.4) is 0 Å². The maximum atomic E-state index is 13.7. The average molecular weight is 572 g/mol. The summed E-state index contributed by atoms with van der Waals surface area (Å²) in [6.45, 7) is 0. The molecule has 4 heteroatoms. The SMILES string of the molecule is Fc1ccc(C(c2ccc(F)cc2)c2ccc([CH+]c3ccc(C(c4ccc(F)cc4)c4ccc(F)cc4)cc3)cc2)cc1. The van der Waals surface area contributed by atoms with Crippen molar-refractivity contribution in [3.05, 3.63) is 220 Å². The number of rotatable bonds is 8. The number of benzene rings is 6. The van der Waals surface area contributed by atoms with Gasteiger partial charge in [-0.25, -0.2) is 17.6 Å². The molecule has 0 N–H and O–H groups in total. The molecule has 0 heterocycles. The lowest BCUT2D eigenvalue weighted by Gasteiger charge is -2.19. The van der Waals surface area contributed by atoms with Crippen LogP contribution in [0.25, 0.3) is 0 Å². The van der Waals surface area contributed by atoms with Crippen LogP contribution in [0.2, 0.25) is 0 Å². The van der Waals surface area contributed by atoms with Crippen LogP contribution in [0.4, 0.5) is 17.6 Å². The summed E-state index contributed by atoms with van der Waals surface area (Å²) in [6, 6.07) is 41.9. The van der Waals surface area contributed by atoms with E-state index >= 15 is 0 Å². The molecule has 0 aromatic heterocycles. The quantitative estimate of drug-likeness (QED) is 0.0969. The Hall–Kier alpha value is -5.09. The summed E-state index contributed by atoms with van der Waals surface area (Å²) in [5, 5.41) is 0. The summed E-state index contributed by atoms with van der Waals surface area (Å²) in [6.07, 6.45) is 2.07. The summed E-state index contributed by atoms with van der Waals surface area (Å²) in [5.74, 6) is -1.58. The Morgan fingerprint density at radius 3 is 0.674 bits per heavy atom. The Kier molecular flexibility index (Phi) is 8.10. The van der Waals surface area contributed by atoms with E-state index in [1.807, 2.05) is 48.5 Å². The first-order chi connectivity index (χ1) is 20.9. The highest BCUT2D eigenvalue weighted by Gasteiger charge is 2.20. The van der Waals surface area contributed by atoms with Crippen molar-refractivity contribution in [2.24, 2.45) is 0 Å². The van der Waals surface area contributed by atoms with E-state index in [0.717, 1.165) is 44.5 Å². The van der Waals surface area contributed by atoms with Gasteiger partial charge in [0.15, 0.2) is 0 Å². The lowest BCUT2D eigenvalue weighted by atomic mass is 9.84. The summed E-state index contributed by atoms with van der Waals surface area (Å²) >= 11 is 0. The Morgan fingerprint density at radius 1 is 0.279 bits per heavy atom. The molecule has 0 aliphatic carbocycles. The fourth-order valence-electron chi connectivity index (χ4n) is 5.54. The van der Waals surface area contributed by atoms with Crippen LogP contribution >= 0.6 is 0 Å². The van der Waals surface area contributed by atoms with Crippen LogP contribution in [0.5, 0.6) is 0 Å². The third-order valence-corrected chi connectivity index (χ3v) is 7.69. The van der Waals surface area contributed by atoms with Crippen LogP contribution in [0.1, 0.15) is 56.3 Å². The number of halogens is 4. The van der Waals surface area contributed by atoms with Gasteiger partial charge in [0.2, 0.25) is 0 Å². The molecule has 0 spiro atoms. The highest BCUT2D eigenvalue weighted by molar-refractivity contribution is 5.48. The molecule has 0 saturated carbocycles. The third kappa shape index (κ3) is 6.54. The molecule has 0 aliphatic heterocycles. The van der Waals surface area contributed by atoms with E-state index < -0.39 is 0 Å². The molecule has 0 unspecified atom stereocenters. The van der Waals surface area contributed by atoms with Crippen molar-refractivity contribution in [2.75, 3.05) is 0 Å². The van der Waals surface area contributed by atoms with Gasteiger partial charge < -0.3 is 0 Å². The predicted octanol–water partition coefficient (Wildman–Crippen LogP) is 10.2. The summed E-state index contributed by atoms with van der Waals surface area (Å²) in [5.41, 5.74) is 7.67. The lowest BCUT2D eigenvalue weighted by Crippen LogP contribution is -2.04. The van der Waals surface area contributed by atoms with E-state index in [2.05, 4.69) is 6.42 Å². The molecule has 6 aromatic rings. The van der Waals surface area contributed by atoms with Crippen molar-refractivity contribution in [3.63, 3.8) is 0 Å². The fraction of sp³-hybridized carbons (Fsp3) is 0.0513. The van der Waals surface area contributed by atoms with Crippen LogP contribution in [-0.2, 0) is 0 Å². The minimum atomic E-state index is -0.306. The second kappa shape index (κ2) is 12.4. The van der Waals surface area contributed by atoms with Crippen LogP contribution in [0, 0.1) is 29.7 Å². The summed E-state index contributed by atoms with van der Waals surface area (Å²) < 4.78 is 54.6. The molecule has 0 bridgehead atoms. The number of hydrogen-bond acceptors (Lipinski definition) is 0. The first-order valence-corrected chi connectivity index (χ1v) is 14.0. The van der Waals surface area contributed by atoms with Crippen molar-refractivity contribution >= 4 is 0 Å². The van der Waals surface area contributed by atoms with Crippen molar-refractivity contribution in [1.29, 1.82) is 0 Å². The standard InChI is InChI=1S/C39H27F4/c40-34-17-9-30(10-18-34)38(31-11-19-35(41)20-12-31)28-5-1-26(2-6-28)25-27-3-7-29(8-4-27)39(32-13-21-36(42)22-14-32)33-15-23-37(43)24-16-33/h1-25,38-39H/q+1. The van der Waals surface area contributed by atoms with E-state index in [4.69, 9.17) is 0 Å². The van der Waals surface area contributed by atoms with E-state index in [9.17, 15) is 17.6 Å². The zero-order valence-corrected chi connectivity index (χ0v) is 23.1. The maximum Gasteiger partial charge on any atom is 0.123 e. The average Bonchev–Trinajstić information content (AvgIpc) is 3.03. The van der Waals surface area contributed by atoms with Gasteiger partial charge in [0.05, 0.1) is 11.1 Å². The minimum Gasteiger partial charge on any atom is -0.207 e. The van der Waals surface area contributed by atoms with Crippen molar-refractivity contribution in [1.82, 2.24) is 0 Å². The smallest absolute Gasteiger partial charge is 0.123 e. The summed E-state index contributed by atoms with van der Waals surface area (Å²) in [7, 11) is 0. The Balaban J connectivity index is 1.24. The van der Waals surface area contributed by atoms with Crippen molar-refractivity contribution in [2.45, 2.75) is 11.8 Å². The Morgan fingerprint density at radius 2 is 0.465 bits per heavy atom. The molecule has 0 fully saturated rings. The largest absolute Gasteiger partial charge is 0.207 e. The normalized spacial score (nSPS) is 11.2. The Bertz CT molecular complexity index is 1540. The Labute approximate surface area is 248 Å². The second-order valence-electron chi connectivity index (χ2n) is 10.5. The van der Waals surface area contributed by atoms with E-state index in [-0.39, 0.29) is 35.1 Å².